The molecule has 1 aromatic carbocycles. The van der Waals surface area contributed by atoms with E-state index >= 15 is 0 Å². The molecular weight excluding hydrogens is 326 g/mol. The van der Waals surface area contributed by atoms with E-state index in [0.717, 1.165) is 5.56 Å². The lowest BCUT2D eigenvalue weighted by atomic mass is 10.2. The average molecular weight is 342 g/mol. The molecule has 0 spiro atoms. The van der Waals surface area contributed by atoms with Crippen LogP contribution < -0.4 is 4.74 Å². The number of benzene rings is 1. The lowest BCUT2D eigenvalue weighted by Crippen LogP contribution is -2.14. The van der Waals surface area contributed by atoms with Crippen molar-refractivity contribution in [3.63, 3.8) is 0 Å². The van der Waals surface area contributed by atoms with Crippen molar-refractivity contribution in [3.05, 3.63) is 34.6 Å². The Labute approximate surface area is 137 Å². The Morgan fingerprint density at radius 3 is 2.95 bits per heavy atom. The second kappa shape index (κ2) is 7.51. The smallest absolute Gasteiger partial charge is 0.318 e. The molecule has 0 aliphatic carbocycles. The standard InChI is InChI=1S/C14H16ClN3O3S/c1-8-6-10(4-5-11(8)15)21-7-12-16-14(18-17-12)22-9(2)13(19)20-3/h4-6,9H,7H2,1-3H3,(H,16,17,18)/t9-/m0/s1. The van der Waals surface area contributed by atoms with Crippen LogP contribution in [-0.4, -0.2) is 33.5 Å². The largest absolute Gasteiger partial charge is 0.486 e. The van der Waals surface area contributed by atoms with Crippen molar-refractivity contribution in [2.75, 3.05) is 7.11 Å². The van der Waals surface area contributed by atoms with E-state index in [0.29, 0.717) is 21.8 Å². The molecule has 1 aromatic heterocycles. The van der Waals surface area contributed by atoms with Crippen LogP contribution in [0.4, 0.5) is 0 Å². The Balaban J connectivity index is 1.91. The summed E-state index contributed by atoms with van der Waals surface area (Å²) in [5.74, 6) is 0.965. The van der Waals surface area contributed by atoms with Gasteiger partial charge in [0.25, 0.3) is 0 Å². The predicted molar refractivity (Wildman–Crippen MR) is 84.2 cm³/mol. The maximum absolute atomic E-state index is 11.3. The van der Waals surface area contributed by atoms with Gasteiger partial charge in [-0.15, -0.1) is 5.10 Å². The Kier molecular flexibility index (Phi) is 5.68. The predicted octanol–water partition coefficient (Wildman–Crippen LogP) is 3.00. The van der Waals surface area contributed by atoms with Gasteiger partial charge in [0, 0.05) is 5.02 Å². The number of rotatable bonds is 6. The SMILES string of the molecule is COC(=O)[C@H](C)Sc1n[nH]c(COc2ccc(Cl)c(C)c2)n1. The molecule has 2 aromatic rings. The second-order valence-electron chi connectivity index (χ2n) is 4.55. The lowest BCUT2D eigenvalue weighted by molar-refractivity contribution is -0.139. The minimum Gasteiger partial charge on any atom is -0.486 e. The lowest BCUT2D eigenvalue weighted by Gasteiger charge is -2.06. The van der Waals surface area contributed by atoms with Crippen LogP contribution in [-0.2, 0) is 16.1 Å². The van der Waals surface area contributed by atoms with Crippen LogP contribution in [0.3, 0.4) is 0 Å². The summed E-state index contributed by atoms with van der Waals surface area (Å²) < 4.78 is 10.3. The maximum Gasteiger partial charge on any atom is 0.318 e. The van der Waals surface area contributed by atoms with Crippen molar-refractivity contribution >= 4 is 29.3 Å². The van der Waals surface area contributed by atoms with E-state index in [1.165, 1.54) is 18.9 Å². The van der Waals surface area contributed by atoms with Crippen molar-refractivity contribution in [1.29, 1.82) is 0 Å². The van der Waals surface area contributed by atoms with E-state index in [1.807, 2.05) is 13.0 Å². The molecule has 2 rings (SSSR count). The number of methoxy groups -OCH3 is 1. The van der Waals surface area contributed by atoms with E-state index in [-0.39, 0.29) is 17.8 Å². The van der Waals surface area contributed by atoms with Crippen LogP contribution in [0, 0.1) is 6.92 Å². The molecule has 0 aliphatic heterocycles. The van der Waals surface area contributed by atoms with E-state index in [4.69, 9.17) is 16.3 Å². The highest BCUT2D eigenvalue weighted by atomic mass is 35.5. The van der Waals surface area contributed by atoms with Gasteiger partial charge in [-0.05, 0) is 37.6 Å². The zero-order valence-corrected chi connectivity index (χ0v) is 14.0. The zero-order chi connectivity index (χ0) is 16.1. The molecule has 0 saturated heterocycles. The summed E-state index contributed by atoms with van der Waals surface area (Å²) in [6, 6.07) is 5.43. The first kappa shape index (κ1) is 16.6. The minimum absolute atomic E-state index is 0.251. The molecule has 0 unspecified atom stereocenters. The Morgan fingerprint density at radius 2 is 2.27 bits per heavy atom. The first-order valence-corrected chi connectivity index (χ1v) is 7.80. The summed E-state index contributed by atoms with van der Waals surface area (Å²) in [6.45, 7) is 3.90. The monoisotopic (exact) mass is 341 g/mol. The molecule has 1 atom stereocenters. The molecule has 0 amide bonds. The van der Waals surface area contributed by atoms with Gasteiger partial charge in [0.1, 0.15) is 17.6 Å². The number of esters is 1. The third-order valence-corrected chi connectivity index (χ3v) is 4.19. The Bertz CT molecular complexity index is 663. The minimum atomic E-state index is -0.367. The van der Waals surface area contributed by atoms with E-state index < -0.39 is 0 Å². The van der Waals surface area contributed by atoms with Gasteiger partial charge in [0.2, 0.25) is 5.16 Å². The Morgan fingerprint density at radius 1 is 1.50 bits per heavy atom. The fourth-order valence-electron chi connectivity index (χ4n) is 1.63. The number of hydrogen-bond acceptors (Lipinski definition) is 6. The molecule has 6 nitrogen and oxygen atoms in total. The summed E-state index contributed by atoms with van der Waals surface area (Å²) in [5.41, 5.74) is 0.944. The molecule has 1 heterocycles. The van der Waals surface area contributed by atoms with Gasteiger partial charge < -0.3 is 9.47 Å². The first-order valence-electron chi connectivity index (χ1n) is 6.54. The highest BCUT2D eigenvalue weighted by Crippen LogP contribution is 2.22. The fraction of sp³-hybridized carbons (Fsp3) is 0.357. The van der Waals surface area contributed by atoms with Crippen molar-refractivity contribution in [1.82, 2.24) is 15.2 Å². The normalized spacial score (nSPS) is 12.0. The summed E-state index contributed by atoms with van der Waals surface area (Å²) in [7, 11) is 1.35. The van der Waals surface area contributed by atoms with Crippen LogP contribution in [0.15, 0.2) is 23.4 Å². The number of ether oxygens (including phenoxy) is 2. The van der Waals surface area contributed by atoms with Gasteiger partial charge in [-0.2, -0.15) is 0 Å². The van der Waals surface area contributed by atoms with Crippen molar-refractivity contribution in [2.24, 2.45) is 0 Å². The zero-order valence-electron chi connectivity index (χ0n) is 12.4. The van der Waals surface area contributed by atoms with Crippen molar-refractivity contribution in [2.45, 2.75) is 30.9 Å². The maximum atomic E-state index is 11.3. The molecule has 0 radical (unpaired) electrons. The molecule has 22 heavy (non-hydrogen) atoms. The van der Waals surface area contributed by atoms with E-state index in [2.05, 4.69) is 19.9 Å². The number of carbonyl (C=O) groups is 1. The highest BCUT2D eigenvalue weighted by molar-refractivity contribution is 8.00. The van der Waals surface area contributed by atoms with Gasteiger partial charge >= 0.3 is 5.97 Å². The summed E-state index contributed by atoms with van der Waals surface area (Å²) >= 11 is 7.18. The molecule has 118 valence electrons. The number of aryl methyl sites for hydroxylation is 1. The topological polar surface area (TPSA) is 77.1 Å². The van der Waals surface area contributed by atoms with Crippen LogP contribution in [0.5, 0.6) is 5.75 Å². The van der Waals surface area contributed by atoms with Crippen molar-refractivity contribution < 1.29 is 14.3 Å². The third kappa shape index (κ3) is 4.38. The average Bonchev–Trinajstić information content (AvgIpc) is 2.95. The summed E-state index contributed by atoms with van der Waals surface area (Å²) in [5, 5.41) is 7.62. The first-order chi connectivity index (χ1) is 10.5. The summed E-state index contributed by atoms with van der Waals surface area (Å²) in [4.78, 5) is 15.6. The number of aromatic nitrogens is 3. The molecule has 0 bridgehead atoms. The van der Waals surface area contributed by atoms with Gasteiger partial charge in [0.15, 0.2) is 5.82 Å². The fourth-order valence-corrected chi connectivity index (χ4v) is 2.51. The van der Waals surface area contributed by atoms with Crippen LogP contribution >= 0.6 is 23.4 Å². The number of nitrogens with one attached hydrogen (secondary N) is 1. The van der Waals surface area contributed by atoms with Crippen LogP contribution in [0.25, 0.3) is 0 Å². The number of carbonyl (C=O) groups excluding carboxylic acids is 1. The Hall–Kier alpha value is -1.73. The van der Waals surface area contributed by atoms with Gasteiger partial charge in [0.05, 0.1) is 7.11 Å². The number of hydrogen-bond donors (Lipinski definition) is 1. The second-order valence-corrected chi connectivity index (χ2v) is 6.26. The van der Waals surface area contributed by atoms with Crippen molar-refractivity contribution in [3.8, 4) is 5.75 Å². The number of nitrogens with zero attached hydrogens (tertiary/aromatic N) is 2. The van der Waals surface area contributed by atoms with E-state index in [9.17, 15) is 4.79 Å². The van der Waals surface area contributed by atoms with E-state index in [1.54, 1.807) is 19.1 Å². The molecule has 8 heteroatoms. The summed E-state index contributed by atoms with van der Waals surface area (Å²) in [6.07, 6.45) is 0. The van der Waals surface area contributed by atoms with Crippen LogP contribution in [0.1, 0.15) is 18.3 Å². The molecule has 0 fully saturated rings. The number of thioether (sulfide) groups is 1. The molecule has 0 aliphatic rings. The van der Waals surface area contributed by atoms with Gasteiger partial charge in [-0.25, -0.2) is 4.98 Å². The number of halogens is 1. The number of aromatic amines is 1. The molecule has 1 N–H and O–H groups in total. The van der Waals surface area contributed by atoms with Crippen LogP contribution in [0.2, 0.25) is 5.02 Å². The van der Waals surface area contributed by atoms with Gasteiger partial charge in [-0.3, -0.25) is 9.89 Å². The quantitative estimate of drug-likeness (QED) is 0.643. The third-order valence-electron chi connectivity index (χ3n) is 2.83. The number of H-pyrrole nitrogens is 1. The molecular formula is C14H16ClN3O3S. The highest BCUT2D eigenvalue weighted by Gasteiger charge is 2.17. The molecule has 0 saturated carbocycles. The van der Waals surface area contributed by atoms with Gasteiger partial charge in [-0.1, -0.05) is 23.4 Å².